The van der Waals surface area contributed by atoms with Crippen LogP contribution in [-0.2, 0) is 20.7 Å². The van der Waals surface area contributed by atoms with Crippen molar-refractivity contribution in [2.24, 2.45) is 0 Å². The van der Waals surface area contributed by atoms with E-state index in [1.165, 1.54) is 6.07 Å². The highest BCUT2D eigenvalue weighted by molar-refractivity contribution is 5.70. The Morgan fingerprint density at radius 2 is 2.32 bits per heavy atom. The number of benzene rings is 1. The number of carbonyl (C=O) groups is 1. The van der Waals surface area contributed by atoms with E-state index in [2.05, 4.69) is 4.90 Å². The van der Waals surface area contributed by atoms with Crippen LogP contribution < -0.4 is 4.90 Å². The topological polar surface area (TPSA) is 38.8 Å². The van der Waals surface area contributed by atoms with Crippen molar-refractivity contribution in [1.82, 2.24) is 0 Å². The van der Waals surface area contributed by atoms with Crippen molar-refractivity contribution in [3.63, 3.8) is 0 Å². The first-order valence-electron chi connectivity index (χ1n) is 6.47. The number of halogens is 1. The van der Waals surface area contributed by atoms with Crippen molar-refractivity contribution < 1.29 is 18.7 Å². The van der Waals surface area contributed by atoms with Gasteiger partial charge in [0.1, 0.15) is 12.4 Å². The third-order valence-corrected chi connectivity index (χ3v) is 3.07. The summed E-state index contributed by atoms with van der Waals surface area (Å²) in [6, 6.07) is 4.86. The van der Waals surface area contributed by atoms with Crippen molar-refractivity contribution in [2.75, 3.05) is 37.8 Å². The maximum absolute atomic E-state index is 13.2. The Bertz CT molecular complexity index is 450. The molecule has 0 saturated heterocycles. The van der Waals surface area contributed by atoms with Crippen LogP contribution in [0.4, 0.5) is 10.1 Å². The Labute approximate surface area is 112 Å². The highest BCUT2D eigenvalue weighted by Crippen LogP contribution is 2.28. The van der Waals surface area contributed by atoms with E-state index in [1.54, 1.807) is 13.0 Å². The van der Waals surface area contributed by atoms with Crippen LogP contribution in [0, 0.1) is 5.82 Å². The van der Waals surface area contributed by atoms with Crippen LogP contribution in [0.1, 0.15) is 12.5 Å². The Balaban J connectivity index is 1.77. The first kappa shape index (κ1) is 13.8. The van der Waals surface area contributed by atoms with Crippen LogP contribution in [0.25, 0.3) is 0 Å². The van der Waals surface area contributed by atoms with Gasteiger partial charge in [-0.1, -0.05) is 6.07 Å². The maximum Gasteiger partial charge on any atom is 0.332 e. The lowest BCUT2D eigenvalue weighted by molar-refractivity contribution is -0.148. The Kier molecular flexibility index (Phi) is 4.74. The van der Waals surface area contributed by atoms with E-state index >= 15 is 0 Å². The Hall–Kier alpha value is -1.62. The predicted molar refractivity (Wildman–Crippen MR) is 69.8 cm³/mol. The van der Waals surface area contributed by atoms with Gasteiger partial charge in [0.25, 0.3) is 0 Å². The van der Waals surface area contributed by atoms with Gasteiger partial charge in [0.05, 0.1) is 13.2 Å². The molecule has 0 aliphatic carbocycles. The number of nitrogens with zero attached hydrogens (tertiary/aromatic N) is 1. The molecule has 0 unspecified atom stereocenters. The highest BCUT2D eigenvalue weighted by atomic mass is 19.1. The third-order valence-electron chi connectivity index (χ3n) is 3.07. The number of fused-ring (bicyclic) bond motifs is 1. The average molecular weight is 267 g/mol. The van der Waals surface area contributed by atoms with Gasteiger partial charge in [-0.05, 0) is 31.0 Å². The van der Waals surface area contributed by atoms with Gasteiger partial charge in [0, 0.05) is 18.8 Å². The molecule has 1 aliphatic rings. The van der Waals surface area contributed by atoms with Crippen LogP contribution in [0.3, 0.4) is 0 Å². The van der Waals surface area contributed by atoms with Gasteiger partial charge >= 0.3 is 5.97 Å². The number of ether oxygens (including phenoxy) is 2. The normalized spacial score (nSPS) is 13.5. The summed E-state index contributed by atoms with van der Waals surface area (Å²) in [6.45, 7) is 4.03. The summed E-state index contributed by atoms with van der Waals surface area (Å²) in [5.41, 5.74) is 2.09. The molecule has 104 valence electrons. The van der Waals surface area contributed by atoms with Crippen LogP contribution in [0.15, 0.2) is 18.2 Å². The number of rotatable bonds is 6. The van der Waals surface area contributed by atoms with E-state index in [-0.39, 0.29) is 18.4 Å². The molecule has 1 aromatic rings. The highest BCUT2D eigenvalue weighted by Gasteiger charge is 2.19. The molecule has 2 rings (SSSR count). The zero-order chi connectivity index (χ0) is 13.7. The molecule has 0 atom stereocenters. The number of anilines is 1. The molecule has 19 heavy (non-hydrogen) atoms. The molecule has 0 amide bonds. The molecule has 0 radical (unpaired) electrons. The van der Waals surface area contributed by atoms with Gasteiger partial charge in [-0.3, -0.25) is 0 Å². The molecule has 5 heteroatoms. The van der Waals surface area contributed by atoms with E-state index in [4.69, 9.17) is 9.47 Å². The van der Waals surface area contributed by atoms with Crippen molar-refractivity contribution >= 4 is 11.7 Å². The minimum Gasteiger partial charge on any atom is -0.464 e. The summed E-state index contributed by atoms with van der Waals surface area (Å²) in [5.74, 6) is -0.576. The summed E-state index contributed by atoms with van der Waals surface area (Å²) in [5, 5.41) is 0. The Morgan fingerprint density at radius 3 is 3.11 bits per heavy atom. The minimum absolute atomic E-state index is 0.0301. The van der Waals surface area contributed by atoms with Crippen molar-refractivity contribution in [2.45, 2.75) is 13.3 Å². The number of carbonyl (C=O) groups excluding carboxylic acids is 1. The summed E-state index contributed by atoms with van der Waals surface area (Å²) < 4.78 is 23.2. The molecule has 1 aromatic carbocycles. The summed E-state index contributed by atoms with van der Waals surface area (Å²) in [6.07, 6.45) is 0.924. The second-order valence-electron chi connectivity index (χ2n) is 4.37. The van der Waals surface area contributed by atoms with Gasteiger partial charge in [-0.15, -0.1) is 0 Å². The lowest BCUT2D eigenvalue weighted by Gasteiger charge is -2.19. The predicted octanol–water partition coefficient (Wildman–Crippen LogP) is 1.77. The first-order chi connectivity index (χ1) is 9.20. The molecular formula is C14H18FNO3. The Morgan fingerprint density at radius 1 is 1.47 bits per heavy atom. The lowest BCUT2D eigenvalue weighted by Crippen LogP contribution is -2.26. The first-order valence-corrected chi connectivity index (χ1v) is 6.47. The summed E-state index contributed by atoms with van der Waals surface area (Å²) in [4.78, 5) is 13.1. The fraction of sp³-hybridized carbons (Fsp3) is 0.500. The van der Waals surface area contributed by atoms with E-state index in [9.17, 15) is 9.18 Å². The molecule has 4 nitrogen and oxygen atoms in total. The standard InChI is InChI=1S/C14H18FNO3/c1-2-19-14(17)10-18-8-7-16-6-5-11-3-4-12(15)9-13(11)16/h3-4,9H,2,5-8,10H2,1H3. The molecule has 0 saturated carbocycles. The SMILES string of the molecule is CCOC(=O)COCCN1CCc2ccc(F)cc21. The van der Waals surface area contributed by atoms with Crippen LogP contribution in [0.5, 0.6) is 0 Å². The molecule has 0 bridgehead atoms. The van der Waals surface area contributed by atoms with Crippen LogP contribution in [-0.4, -0.2) is 38.9 Å². The van der Waals surface area contributed by atoms with Crippen molar-refractivity contribution in [1.29, 1.82) is 0 Å². The van der Waals surface area contributed by atoms with Crippen LogP contribution in [0.2, 0.25) is 0 Å². The molecular weight excluding hydrogens is 249 g/mol. The zero-order valence-corrected chi connectivity index (χ0v) is 11.0. The maximum atomic E-state index is 13.2. The fourth-order valence-electron chi connectivity index (χ4n) is 2.18. The molecule has 1 heterocycles. The number of hydrogen-bond donors (Lipinski definition) is 0. The van der Waals surface area contributed by atoms with E-state index < -0.39 is 0 Å². The smallest absolute Gasteiger partial charge is 0.332 e. The number of hydrogen-bond acceptors (Lipinski definition) is 4. The second kappa shape index (κ2) is 6.52. The summed E-state index contributed by atoms with van der Waals surface area (Å²) >= 11 is 0. The number of esters is 1. The second-order valence-corrected chi connectivity index (χ2v) is 4.37. The van der Waals surface area contributed by atoms with E-state index in [0.29, 0.717) is 19.8 Å². The van der Waals surface area contributed by atoms with Crippen molar-refractivity contribution in [3.8, 4) is 0 Å². The molecule has 0 spiro atoms. The largest absolute Gasteiger partial charge is 0.464 e. The van der Waals surface area contributed by atoms with Gasteiger partial charge in [0.2, 0.25) is 0 Å². The molecule has 1 aliphatic heterocycles. The average Bonchev–Trinajstić information content (AvgIpc) is 2.77. The third kappa shape index (κ3) is 3.67. The van der Waals surface area contributed by atoms with E-state index in [0.717, 1.165) is 24.2 Å². The summed E-state index contributed by atoms with van der Waals surface area (Å²) in [7, 11) is 0. The van der Waals surface area contributed by atoms with Crippen molar-refractivity contribution in [3.05, 3.63) is 29.6 Å². The van der Waals surface area contributed by atoms with Gasteiger partial charge in [-0.2, -0.15) is 0 Å². The minimum atomic E-state index is -0.352. The van der Waals surface area contributed by atoms with Crippen LogP contribution >= 0.6 is 0 Å². The van der Waals surface area contributed by atoms with Gasteiger partial charge in [-0.25, -0.2) is 9.18 Å². The molecule has 0 aromatic heterocycles. The van der Waals surface area contributed by atoms with Gasteiger partial charge in [0.15, 0.2) is 0 Å². The fourth-order valence-corrected chi connectivity index (χ4v) is 2.18. The quantitative estimate of drug-likeness (QED) is 0.581. The molecule has 0 N–H and O–H groups in total. The zero-order valence-electron chi connectivity index (χ0n) is 11.0. The van der Waals surface area contributed by atoms with Gasteiger partial charge < -0.3 is 14.4 Å². The monoisotopic (exact) mass is 267 g/mol. The van der Waals surface area contributed by atoms with E-state index in [1.807, 2.05) is 6.07 Å². The lowest BCUT2D eigenvalue weighted by atomic mass is 10.2. The molecule has 0 fully saturated rings.